The number of fused-ring (bicyclic) bond motifs is 1. The first-order chi connectivity index (χ1) is 9.49. The van der Waals surface area contributed by atoms with Crippen LogP contribution in [0.4, 0.5) is 5.69 Å². The standard InChI is InChI=1S/C14H13Br2NO3/c15-11-5-9-10(6-12(11)16)14(20)17(13(9)19)7-1-3-8(18)4-2-7/h1-4,9-12,18H,5-6H2/t9-,10-,11+,12+/m1/s1. The van der Waals surface area contributed by atoms with Crippen molar-refractivity contribution in [3.05, 3.63) is 24.3 Å². The van der Waals surface area contributed by atoms with E-state index in [-0.39, 0.29) is 39.1 Å². The van der Waals surface area contributed by atoms with E-state index in [0.717, 1.165) is 0 Å². The molecule has 2 aliphatic rings. The molecule has 0 spiro atoms. The van der Waals surface area contributed by atoms with Gasteiger partial charge in [0.1, 0.15) is 5.75 Å². The van der Waals surface area contributed by atoms with Gasteiger partial charge in [0.15, 0.2) is 0 Å². The number of amides is 2. The van der Waals surface area contributed by atoms with Crippen LogP contribution in [-0.4, -0.2) is 26.6 Å². The Hall–Kier alpha value is -0.880. The van der Waals surface area contributed by atoms with Gasteiger partial charge in [0.2, 0.25) is 11.8 Å². The second-order valence-corrected chi connectivity index (χ2v) is 7.60. The maximum atomic E-state index is 12.5. The highest BCUT2D eigenvalue weighted by Gasteiger charge is 2.52. The summed E-state index contributed by atoms with van der Waals surface area (Å²) in [5.74, 6) is -0.626. The number of benzene rings is 1. The van der Waals surface area contributed by atoms with Crippen LogP contribution in [0.5, 0.6) is 5.75 Å². The Morgan fingerprint density at radius 1 is 0.950 bits per heavy atom. The Labute approximate surface area is 133 Å². The molecule has 0 unspecified atom stereocenters. The van der Waals surface area contributed by atoms with Gasteiger partial charge in [-0.25, -0.2) is 0 Å². The van der Waals surface area contributed by atoms with Crippen molar-refractivity contribution < 1.29 is 14.7 Å². The van der Waals surface area contributed by atoms with Crippen molar-refractivity contribution in [3.8, 4) is 5.75 Å². The molecule has 0 radical (unpaired) electrons. The Bertz CT molecular complexity index is 532. The molecule has 3 rings (SSSR count). The molecule has 4 atom stereocenters. The fraction of sp³-hybridized carbons (Fsp3) is 0.429. The van der Waals surface area contributed by atoms with Crippen LogP contribution >= 0.6 is 31.9 Å². The summed E-state index contributed by atoms with van der Waals surface area (Å²) in [6.45, 7) is 0. The number of phenolic OH excluding ortho intramolecular Hbond substituents is 1. The number of carbonyl (C=O) groups is 2. The van der Waals surface area contributed by atoms with Gasteiger partial charge in [-0.05, 0) is 37.1 Å². The Kier molecular flexibility index (Phi) is 3.62. The molecule has 4 nitrogen and oxygen atoms in total. The molecule has 0 bridgehead atoms. The van der Waals surface area contributed by atoms with Crippen LogP contribution in [0.3, 0.4) is 0 Å². The molecule has 1 N–H and O–H groups in total. The highest BCUT2D eigenvalue weighted by atomic mass is 79.9. The number of imide groups is 1. The number of nitrogens with zero attached hydrogens (tertiary/aromatic N) is 1. The quantitative estimate of drug-likeness (QED) is 0.580. The van der Waals surface area contributed by atoms with E-state index >= 15 is 0 Å². The zero-order valence-corrected chi connectivity index (χ0v) is 13.7. The van der Waals surface area contributed by atoms with E-state index in [2.05, 4.69) is 31.9 Å². The van der Waals surface area contributed by atoms with Crippen molar-refractivity contribution in [2.24, 2.45) is 11.8 Å². The number of alkyl halides is 2. The summed E-state index contributed by atoms with van der Waals surface area (Å²) in [6, 6.07) is 6.16. The minimum Gasteiger partial charge on any atom is -0.508 e. The minimum atomic E-state index is -0.241. The van der Waals surface area contributed by atoms with Gasteiger partial charge in [-0.15, -0.1) is 0 Å². The van der Waals surface area contributed by atoms with Crippen LogP contribution < -0.4 is 4.90 Å². The van der Waals surface area contributed by atoms with Crippen LogP contribution in [-0.2, 0) is 9.59 Å². The van der Waals surface area contributed by atoms with E-state index < -0.39 is 0 Å². The molecule has 0 aromatic heterocycles. The number of rotatable bonds is 1. The Balaban J connectivity index is 1.93. The zero-order valence-electron chi connectivity index (χ0n) is 10.5. The molecule has 1 saturated carbocycles. The smallest absolute Gasteiger partial charge is 0.237 e. The van der Waals surface area contributed by atoms with Gasteiger partial charge in [-0.3, -0.25) is 14.5 Å². The molecule has 1 aromatic carbocycles. The van der Waals surface area contributed by atoms with Gasteiger partial charge in [-0.1, -0.05) is 31.9 Å². The summed E-state index contributed by atoms with van der Waals surface area (Å²) in [4.78, 5) is 26.7. The maximum Gasteiger partial charge on any atom is 0.237 e. The van der Waals surface area contributed by atoms with E-state index in [1.54, 1.807) is 12.1 Å². The second-order valence-electron chi connectivity index (χ2n) is 5.24. The van der Waals surface area contributed by atoms with Crippen molar-refractivity contribution in [3.63, 3.8) is 0 Å². The summed E-state index contributed by atoms with van der Waals surface area (Å²) in [6.07, 6.45) is 1.33. The molecule has 1 aromatic rings. The minimum absolute atomic E-state index is 0.117. The SMILES string of the molecule is O=C1[C@@H]2C[C@H](Br)[C@@H](Br)C[C@H]2C(=O)N1c1ccc(O)cc1. The summed E-state index contributed by atoms with van der Waals surface area (Å²) in [5, 5.41) is 9.31. The van der Waals surface area contributed by atoms with Gasteiger partial charge in [-0.2, -0.15) is 0 Å². The molecular weight excluding hydrogens is 390 g/mol. The highest BCUT2D eigenvalue weighted by Crippen LogP contribution is 2.44. The molecule has 20 heavy (non-hydrogen) atoms. The molecule has 2 fully saturated rings. The first-order valence-electron chi connectivity index (χ1n) is 6.44. The zero-order chi connectivity index (χ0) is 14.4. The lowest BCUT2D eigenvalue weighted by molar-refractivity contribution is -0.122. The number of anilines is 1. The first kappa shape index (κ1) is 14.1. The third-order valence-electron chi connectivity index (χ3n) is 4.02. The number of hydrogen-bond acceptors (Lipinski definition) is 3. The fourth-order valence-electron chi connectivity index (χ4n) is 2.95. The van der Waals surface area contributed by atoms with Gasteiger partial charge < -0.3 is 5.11 Å². The second kappa shape index (κ2) is 5.15. The average molecular weight is 403 g/mol. The lowest BCUT2D eigenvalue weighted by atomic mass is 9.81. The molecule has 2 amide bonds. The number of aromatic hydroxyl groups is 1. The summed E-state index contributed by atoms with van der Waals surface area (Å²) in [7, 11) is 0. The van der Waals surface area contributed by atoms with Crippen molar-refractivity contribution in [1.82, 2.24) is 0 Å². The predicted molar refractivity (Wildman–Crippen MR) is 82.2 cm³/mol. The van der Waals surface area contributed by atoms with Crippen LogP contribution in [0.15, 0.2) is 24.3 Å². The number of phenols is 1. The van der Waals surface area contributed by atoms with Gasteiger partial charge >= 0.3 is 0 Å². The lowest BCUT2D eigenvalue weighted by Gasteiger charge is -2.29. The van der Waals surface area contributed by atoms with Gasteiger partial charge in [0.25, 0.3) is 0 Å². The van der Waals surface area contributed by atoms with Crippen LogP contribution in [0.2, 0.25) is 0 Å². The normalized spacial score (nSPS) is 33.4. The van der Waals surface area contributed by atoms with Gasteiger partial charge in [0, 0.05) is 9.65 Å². The predicted octanol–water partition coefficient (Wildman–Crippen LogP) is 2.82. The van der Waals surface area contributed by atoms with E-state index in [1.165, 1.54) is 17.0 Å². The van der Waals surface area contributed by atoms with Crippen molar-refractivity contribution >= 4 is 49.4 Å². The largest absolute Gasteiger partial charge is 0.508 e. The molecule has 1 aliphatic heterocycles. The third kappa shape index (κ3) is 2.19. The average Bonchev–Trinajstić information content (AvgIpc) is 2.65. The highest BCUT2D eigenvalue weighted by molar-refractivity contribution is 9.12. The molecule has 106 valence electrons. The monoisotopic (exact) mass is 401 g/mol. The van der Waals surface area contributed by atoms with E-state index in [1.807, 2.05) is 0 Å². The Morgan fingerprint density at radius 3 is 1.85 bits per heavy atom. The topological polar surface area (TPSA) is 57.6 Å². The molecule has 6 heteroatoms. The third-order valence-corrected chi connectivity index (χ3v) is 6.75. The summed E-state index contributed by atoms with van der Waals surface area (Å²) < 4.78 is 0. The van der Waals surface area contributed by atoms with Crippen molar-refractivity contribution in [1.29, 1.82) is 0 Å². The van der Waals surface area contributed by atoms with Crippen molar-refractivity contribution in [2.45, 2.75) is 22.5 Å². The molecular formula is C14H13Br2NO3. The van der Waals surface area contributed by atoms with Crippen molar-refractivity contribution in [2.75, 3.05) is 4.90 Å². The molecule has 1 aliphatic carbocycles. The van der Waals surface area contributed by atoms with Crippen LogP contribution in [0.1, 0.15) is 12.8 Å². The maximum absolute atomic E-state index is 12.5. The molecule has 1 heterocycles. The van der Waals surface area contributed by atoms with Crippen LogP contribution in [0.25, 0.3) is 0 Å². The first-order valence-corrected chi connectivity index (χ1v) is 8.27. The summed E-state index contributed by atoms with van der Waals surface area (Å²) in [5.41, 5.74) is 0.532. The molecule has 1 saturated heterocycles. The number of carbonyl (C=O) groups excluding carboxylic acids is 2. The summed E-state index contributed by atoms with van der Waals surface area (Å²) >= 11 is 7.12. The van der Waals surface area contributed by atoms with E-state index in [4.69, 9.17) is 0 Å². The van der Waals surface area contributed by atoms with E-state index in [0.29, 0.717) is 18.5 Å². The lowest BCUT2D eigenvalue weighted by Crippen LogP contribution is -2.34. The van der Waals surface area contributed by atoms with Crippen LogP contribution in [0, 0.1) is 11.8 Å². The van der Waals surface area contributed by atoms with E-state index in [9.17, 15) is 14.7 Å². The number of hydrogen-bond donors (Lipinski definition) is 1. The Morgan fingerprint density at radius 2 is 1.40 bits per heavy atom. The fourth-order valence-corrected chi connectivity index (χ4v) is 4.19. The van der Waals surface area contributed by atoms with Gasteiger partial charge in [0.05, 0.1) is 17.5 Å². The number of halogens is 2.